The van der Waals surface area contributed by atoms with Gasteiger partial charge < -0.3 is 8.98 Å². The third-order valence-electron chi connectivity index (χ3n) is 3.16. The van der Waals surface area contributed by atoms with Gasteiger partial charge in [-0.25, -0.2) is 0 Å². The van der Waals surface area contributed by atoms with Crippen LogP contribution in [-0.4, -0.2) is 10.4 Å². The maximum absolute atomic E-state index is 12.4. The fraction of sp³-hybridized carbons (Fsp3) is 0.0667. The number of carbonyl (C=O) groups is 1. The minimum atomic E-state index is -0.137. The lowest BCUT2D eigenvalue weighted by atomic mass is 10.0. The van der Waals surface area contributed by atoms with Gasteiger partial charge in [0, 0.05) is 18.2 Å². The van der Waals surface area contributed by atoms with Gasteiger partial charge in [-0.05, 0) is 24.4 Å². The quantitative estimate of drug-likeness (QED) is 0.520. The third-order valence-corrected chi connectivity index (χ3v) is 3.83. The lowest BCUT2D eigenvalue weighted by molar-refractivity contribution is 0.103. The van der Waals surface area contributed by atoms with Crippen LogP contribution in [0.15, 0.2) is 46.9 Å². The topological polar surface area (TPSA) is 35.1 Å². The molecule has 3 nitrogen and oxygen atoms in total. The SMILES string of the molecule is Cn1c(=S)oc2cc(C(=O)c3ccccc3)c(Cl)cc21. The molecular formula is C15H10ClNO2S. The Balaban J connectivity index is 2.20. The van der Waals surface area contributed by atoms with Gasteiger partial charge in [-0.2, -0.15) is 0 Å². The number of fused-ring (bicyclic) bond motifs is 1. The van der Waals surface area contributed by atoms with E-state index in [9.17, 15) is 4.79 Å². The van der Waals surface area contributed by atoms with Crippen molar-refractivity contribution in [2.75, 3.05) is 0 Å². The molecule has 0 bridgehead atoms. The second-order valence-electron chi connectivity index (χ2n) is 4.42. The molecule has 0 saturated heterocycles. The highest BCUT2D eigenvalue weighted by atomic mass is 35.5. The number of hydrogen-bond acceptors (Lipinski definition) is 3. The summed E-state index contributed by atoms with van der Waals surface area (Å²) >= 11 is 11.3. The molecule has 100 valence electrons. The number of halogens is 1. The normalized spacial score (nSPS) is 10.9. The Morgan fingerprint density at radius 2 is 1.95 bits per heavy atom. The molecule has 3 aromatic rings. The number of benzene rings is 2. The first-order chi connectivity index (χ1) is 9.58. The Morgan fingerprint density at radius 3 is 2.65 bits per heavy atom. The second kappa shape index (κ2) is 4.89. The van der Waals surface area contributed by atoms with Crippen molar-refractivity contribution in [1.82, 2.24) is 4.57 Å². The van der Waals surface area contributed by atoms with Gasteiger partial charge in [-0.1, -0.05) is 41.9 Å². The number of aromatic nitrogens is 1. The summed E-state index contributed by atoms with van der Waals surface area (Å²) in [7, 11) is 1.79. The highest BCUT2D eigenvalue weighted by molar-refractivity contribution is 7.71. The van der Waals surface area contributed by atoms with Gasteiger partial charge in [0.25, 0.3) is 4.84 Å². The summed E-state index contributed by atoms with van der Waals surface area (Å²) < 4.78 is 7.16. The van der Waals surface area contributed by atoms with Crippen LogP contribution in [-0.2, 0) is 7.05 Å². The first kappa shape index (κ1) is 13.1. The molecule has 0 aliphatic heterocycles. The van der Waals surface area contributed by atoms with Crippen LogP contribution in [0.5, 0.6) is 0 Å². The predicted octanol–water partition coefficient (Wildman–Crippen LogP) is 4.39. The maximum atomic E-state index is 12.4. The standard InChI is InChI=1S/C15H10ClNO2S/c1-17-12-8-11(16)10(7-13(12)19-15(17)20)14(18)9-5-3-2-4-6-9/h2-8H,1H3. The number of rotatable bonds is 2. The summed E-state index contributed by atoms with van der Waals surface area (Å²) in [6, 6.07) is 12.3. The molecule has 5 heteroatoms. The van der Waals surface area contributed by atoms with Gasteiger partial charge in [-0.15, -0.1) is 0 Å². The van der Waals surface area contributed by atoms with Crippen LogP contribution in [0.4, 0.5) is 0 Å². The largest absolute Gasteiger partial charge is 0.429 e. The first-order valence-electron chi connectivity index (χ1n) is 5.97. The lowest BCUT2D eigenvalue weighted by Crippen LogP contribution is -2.02. The van der Waals surface area contributed by atoms with Crippen molar-refractivity contribution in [1.29, 1.82) is 0 Å². The molecule has 1 aromatic heterocycles. The van der Waals surface area contributed by atoms with Gasteiger partial charge in [-0.3, -0.25) is 4.79 Å². The molecular weight excluding hydrogens is 294 g/mol. The number of carbonyl (C=O) groups excluding carboxylic acids is 1. The van der Waals surface area contributed by atoms with Crippen LogP contribution < -0.4 is 0 Å². The summed E-state index contributed by atoms with van der Waals surface area (Å²) in [5.74, 6) is -0.137. The molecule has 0 unspecified atom stereocenters. The maximum Gasteiger partial charge on any atom is 0.269 e. The summed E-state index contributed by atoms with van der Waals surface area (Å²) in [4.78, 5) is 12.8. The molecule has 0 N–H and O–H groups in total. The highest BCUT2D eigenvalue weighted by Gasteiger charge is 2.16. The first-order valence-corrected chi connectivity index (χ1v) is 6.75. The average Bonchev–Trinajstić information content (AvgIpc) is 2.74. The molecule has 20 heavy (non-hydrogen) atoms. The molecule has 3 rings (SSSR count). The van der Waals surface area contributed by atoms with E-state index < -0.39 is 0 Å². The van der Waals surface area contributed by atoms with Gasteiger partial charge in [0.2, 0.25) is 0 Å². The molecule has 0 saturated carbocycles. The van der Waals surface area contributed by atoms with Crippen molar-refractivity contribution in [3.05, 3.63) is 63.5 Å². The van der Waals surface area contributed by atoms with E-state index in [1.807, 2.05) is 18.2 Å². The zero-order valence-corrected chi connectivity index (χ0v) is 12.2. The van der Waals surface area contributed by atoms with E-state index in [-0.39, 0.29) is 5.78 Å². The van der Waals surface area contributed by atoms with Gasteiger partial charge >= 0.3 is 0 Å². The summed E-state index contributed by atoms with van der Waals surface area (Å²) in [6.45, 7) is 0. The van der Waals surface area contributed by atoms with E-state index in [0.717, 1.165) is 5.52 Å². The fourth-order valence-corrected chi connectivity index (χ4v) is 2.50. The second-order valence-corrected chi connectivity index (χ2v) is 5.18. The van der Waals surface area contributed by atoms with E-state index in [1.54, 1.807) is 35.9 Å². The molecule has 0 radical (unpaired) electrons. The van der Waals surface area contributed by atoms with Gasteiger partial charge in [0.15, 0.2) is 11.4 Å². The molecule has 0 amide bonds. The van der Waals surface area contributed by atoms with Crippen LogP contribution in [0.1, 0.15) is 15.9 Å². The summed E-state index contributed by atoms with van der Waals surface area (Å²) in [5.41, 5.74) is 2.32. The Kier molecular flexibility index (Phi) is 3.20. The number of nitrogens with zero attached hydrogens (tertiary/aromatic N) is 1. The molecule has 2 aromatic carbocycles. The van der Waals surface area contributed by atoms with Crippen LogP contribution in [0.3, 0.4) is 0 Å². The average molecular weight is 304 g/mol. The van der Waals surface area contributed by atoms with E-state index in [1.165, 1.54) is 0 Å². The molecule has 0 aliphatic carbocycles. The van der Waals surface area contributed by atoms with Crippen molar-refractivity contribution in [2.45, 2.75) is 0 Å². The smallest absolute Gasteiger partial charge is 0.269 e. The van der Waals surface area contributed by atoms with Gasteiger partial charge in [0.05, 0.1) is 10.5 Å². The van der Waals surface area contributed by atoms with E-state index in [4.69, 9.17) is 28.2 Å². The monoisotopic (exact) mass is 303 g/mol. The molecule has 0 atom stereocenters. The minimum Gasteiger partial charge on any atom is -0.429 e. The van der Waals surface area contributed by atoms with Crippen LogP contribution in [0.25, 0.3) is 11.1 Å². The van der Waals surface area contributed by atoms with Crippen LogP contribution >= 0.6 is 23.8 Å². The van der Waals surface area contributed by atoms with E-state index in [2.05, 4.69) is 0 Å². The highest BCUT2D eigenvalue weighted by Crippen LogP contribution is 2.27. The van der Waals surface area contributed by atoms with Crippen molar-refractivity contribution >= 4 is 40.7 Å². The predicted molar refractivity (Wildman–Crippen MR) is 80.9 cm³/mol. The summed E-state index contributed by atoms with van der Waals surface area (Å²) in [5, 5.41) is 0.387. The zero-order chi connectivity index (χ0) is 14.3. The minimum absolute atomic E-state index is 0.137. The van der Waals surface area contributed by atoms with E-state index >= 15 is 0 Å². The Bertz CT molecular complexity index is 865. The fourth-order valence-electron chi connectivity index (χ4n) is 2.07. The van der Waals surface area contributed by atoms with Crippen molar-refractivity contribution in [2.24, 2.45) is 7.05 Å². The van der Waals surface area contributed by atoms with E-state index in [0.29, 0.717) is 26.6 Å². The lowest BCUT2D eigenvalue weighted by Gasteiger charge is -2.04. The van der Waals surface area contributed by atoms with Crippen LogP contribution in [0, 0.1) is 4.84 Å². The Hall–Kier alpha value is -1.91. The zero-order valence-electron chi connectivity index (χ0n) is 10.6. The van der Waals surface area contributed by atoms with Gasteiger partial charge in [0.1, 0.15) is 0 Å². The Morgan fingerprint density at radius 1 is 1.25 bits per heavy atom. The summed E-state index contributed by atoms with van der Waals surface area (Å²) in [6.07, 6.45) is 0. The number of ketones is 1. The van der Waals surface area contributed by atoms with Crippen molar-refractivity contribution in [3.63, 3.8) is 0 Å². The number of aryl methyl sites for hydroxylation is 1. The van der Waals surface area contributed by atoms with Crippen molar-refractivity contribution < 1.29 is 9.21 Å². The molecule has 1 heterocycles. The third kappa shape index (κ3) is 2.07. The van der Waals surface area contributed by atoms with Crippen molar-refractivity contribution in [3.8, 4) is 0 Å². The Labute approximate surface area is 125 Å². The number of hydrogen-bond donors (Lipinski definition) is 0. The molecule has 0 aliphatic rings. The molecule has 0 fully saturated rings. The van der Waals surface area contributed by atoms with Crippen LogP contribution in [0.2, 0.25) is 5.02 Å². The number of oxazole rings is 1. The molecule has 0 spiro atoms.